The van der Waals surface area contributed by atoms with E-state index in [1.165, 1.54) is 0 Å². The Morgan fingerprint density at radius 2 is 1.96 bits per heavy atom. The Bertz CT molecular complexity index is 754. The van der Waals surface area contributed by atoms with Crippen molar-refractivity contribution in [1.82, 2.24) is 15.2 Å². The summed E-state index contributed by atoms with van der Waals surface area (Å²) in [5.74, 6) is 1.09. The molecule has 150 valence electrons. The third-order valence-electron chi connectivity index (χ3n) is 5.17. The van der Waals surface area contributed by atoms with Crippen molar-refractivity contribution in [2.75, 3.05) is 26.7 Å². The van der Waals surface area contributed by atoms with Crippen molar-refractivity contribution in [3.63, 3.8) is 0 Å². The average molecular weight is 402 g/mol. The first-order valence-corrected chi connectivity index (χ1v) is 10.7. The zero-order chi connectivity index (χ0) is 19.8. The number of thiazole rings is 1. The van der Waals surface area contributed by atoms with Gasteiger partial charge in [-0.15, -0.1) is 11.3 Å². The Hall–Kier alpha value is -2.41. The van der Waals surface area contributed by atoms with Crippen molar-refractivity contribution in [2.24, 2.45) is 5.92 Å². The molecule has 1 aliphatic heterocycles. The first kappa shape index (κ1) is 20.3. The van der Waals surface area contributed by atoms with Crippen LogP contribution in [0.3, 0.4) is 0 Å². The van der Waals surface area contributed by atoms with Gasteiger partial charge in [-0.25, -0.2) is 4.98 Å². The monoisotopic (exact) mass is 401 g/mol. The van der Waals surface area contributed by atoms with Crippen molar-refractivity contribution >= 4 is 23.2 Å². The summed E-state index contributed by atoms with van der Waals surface area (Å²) in [5.41, 5.74) is 3.95. The van der Waals surface area contributed by atoms with Crippen LogP contribution in [0, 0.1) is 5.92 Å². The van der Waals surface area contributed by atoms with E-state index >= 15 is 0 Å². The molecule has 1 saturated heterocycles. The predicted molar refractivity (Wildman–Crippen MR) is 109 cm³/mol. The third-order valence-corrected chi connectivity index (χ3v) is 5.80. The number of likely N-dealkylation sites (tertiary alicyclic amines) is 1. The van der Waals surface area contributed by atoms with E-state index < -0.39 is 0 Å². The molecule has 0 bridgehead atoms. The van der Waals surface area contributed by atoms with Crippen LogP contribution in [-0.4, -0.2) is 48.4 Å². The van der Waals surface area contributed by atoms with Crippen LogP contribution in [0.2, 0.25) is 0 Å². The Kier molecular flexibility index (Phi) is 7.42. The summed E-state index contributed by atoms with van der Waals surface area (Å²) >= 11 is 1.57. The lowest BCUT2D eigenvalue weighted by Crippen LogP contribution is -2.43. The van der Waals surface area contributed by atoms with E-state index in [0.717, 1.165) is 42.7 Å². The van der Waals surface area contributed by atoms with Gasteiger partial charge in [-0.2, -0.15) is 0 Å². The smallest absolute Gasteiger partial charge is 0.223 e. The number of hydrogen-bond donors (Lipinski definition) is 1. The second-order valence-corrected chi connectivity index (χ2v) is 7.74. The van der Waals surface area contributed by atoms with E-state index in [4.69, 9.17) is 4.74 Å². The number of carbonyl (C=O) groups is 2. The van der Waals surface area contributed by atoms with Gasteiger partial charge in [0.15, 0.2) is 0 Å². The highest BCUT2D eigenvalue weighted by atomic mass is 32.1. The lowest BCUT2D eigenvalue weighted by atomic mass is 9.95. The topological polar surface area (TPSA) is 71.5 Å². The second kappa shape index (κ2) is 10.2. The molecule has 2 aromatic rings. The van der Waals surface area contributed by atoms with Gasteiger partial charge in [0.1, 0.15) is 5.75 Å². The average Bonchev–Trinajstić information content (AvgIpc) is 3.26. The number of rotatable bonds is 8. The van der Waals surface area contributed by atoms with E-state index in [1.807, 2.05) is 34.5 Å². The van der Waals surface area contributed by atoms with Gasteiger partial charge in [-0.1, -0.05) is 12.1 Å². The van der Waals surface area contributed by atoms with Gasteiger partial charge in [-0.05, 0) is 37.0 Å². The van der Waals surface area contributed by atoms with Crippen LogP contribution >= 0.6 is 11.3 Å². The Morgan fingerprint density at radius 3 is 2.61 bits per heavy atom. The van der Waals surface area contributed by atoms with E-state index in [-0.39, 0.29) is 17.7 Å². The largest absolute Gasteiger partial charge is 0.497 e. The highest BCUT2D eigenvalue weighted by Crippen LogP contribution is 2.19. The molecular weight excluding hydrogens is 374 g/mol. The maximum Gasteiger partial charge on any atom is 0.223 e. The Labute approximate surface area is 169 Å². The summed E-state index contributed by atoms with van der Waals surface area (Å²) in [5, 5.41) is 5.00. The highest BCUT2D eigenvalue weighted by Gasteiger charge is 2.26. The molecule has 28 heavy (non-hydrogen) atoms. The molecule has 2 heterocycles. The molecule has 6 nitrogen and oxygen atoms in total. The van der Waals surface area contributed by atoms with Gasteiger partial charge in [0.2, 0.25) is 11.8 Å². The number of amides is 2. The number of carbonyl (C=O) groups excluding carboxylic acids is 2. The lowest BCUT2D eigenvalue weighted by Gasteiger charge is -2.31. The highest BCUT2D eigenvalue weighted by molar-refractivity contribution is 7.07. The van der Waals surface area contributed by atoms with E-state index in [0.29, 0.717) is 26.1 Å². The van der Waals surface area contributed by atoms with Crippen LogP contribution < -0.4 is 10.1 Å². The standard InChI is InChI=1S/C21H27N3O3S/c1-27-19-5-2-16(3-6-19)4-7-20(25)24-12-9-17(10-13-24)21(26)22-11-8-18-14-28-15-23-18/h2-3,5-6,14-15,17H,4,7-13H2,1H3,(H,22,26). The molecular formula is C21H27N3O3S. The maximum atomic E-state index is 12.5. The molecule has 1 aromatic heterocycles. The van der Waals surface area contributed by atoms with Crippen molar-refractivity contribution in [3.05, 3.63) is 46.4 Å². The number of nitrogens with one attached hydrogen (secondary N) is 1. The normalized spacial score (nSPS) is 14.7. The summed E-state index contributed by atoms with van der Waals surface area (Å²) in [6.45, 7) is 1.93. The van der Waals surface area contributed by atoms with Crippen LogP contribution in [0.5, 0.6) is 5.75 Å². The molecule has 7 heteroatoms. The number of piperidine rings is 1. The van der Waals surface area contributed by atoms with Gasteiger partial charge in [0, 0.05) is 43.8 Å². The minimum atomic E-state index is 0.000993. The number of nitrogens with zero attached hydrogens (tertiary/aromatic N) is 2. The van der Waals surface area contributed by atoms with Crippen molar-refractivity contribution < 1.29 is 14.3 Å². The van der Waals surface area contributed by atoms with Crippen molar-refractivity contribution in [3.8, 4) is 5.75 Å². The third kappa shape index (κ3) is 5.79. The molecule has 1 N–H and O–H groups in total. The van der Waals surface area contributed by atoms with Crippen LogP contribution in [0.15, 0.2) is 35.2 Å². The van der Waals surface area contributed by atoms with Gasteiger partial charge in [-0.3, -0.25) is 9.59 Å². The summed E-state index contributed by atoms with van der Waals surface area (Å²) in [7, 11) is 1.64. The first-order chi connectivity index (χ1) is 13.7. The summed E-state index contributed by atoms with van der Waals surface area (Å²) < 4.78 is 5.15. The van der Waals surface area contributed by atoms with Crippen LogP contribution in [-0.2, 0) is 22.4 Å². The quantitative estimate of drug-likeness (QED) is 0.738. The lowest BCUT2D eigenvalue weighted by molar-refractivity contribution is -0.135. The molecule has 3 rings (SSSR count). The number of ether oxygens (including phenoxy) is 1. The number of methoxy groups -OCH3 is 1. The van der Waals surface area contributed by atoms with E-state index in [2.05, 4.69) is 10.3 Å². The minimum absolute atomic E-state index is 0.000993. The summed E-state index contributed by atoms with van der Waals surface area (Å²) in [6.07, 6.45) is 3.45. The first-order valence-electron chi connectivity index (χ1n) is 9.71. The summed E-state index contributed by atoms with van der Waals surface area (Å²) in [4.78, 5) is 30.9. The SMILES string of the molecule is COc1ccc(CCC(=O)N2CCC(C(=O)NCCc3cscn3)CC2)cc1. The number of hydrogen-bond acceptors (Lipinski definition) is 5. The van der Waals surface area contributed by atoms with Crippen molar-refractivity contribution in [2.45, 2.75) is 32.1 Å². The Morgan fingerprint density at radius 1 is 1.21 bits per heavy atom. The molecule has 2 amide bonds. The molecule has 1 fully saturated rings. The van der Waals surface area contributed by atoms with Gasteiger partial charge < -0.3 is 15.0 Å². The van der Waals surface area contributed by atoms with Crippen molar-refractivity contribution in [1.29, 1.82) is 0 Å². The number of aromatic nitrogens is 1. The predicted octanol–water partition coefficient (Wildman–Crippen LogP) is 2.68. The molecule has 0 aliphatic carbocycles. The summed E-state index contributed by atoms with van der Waals surface area (Å²) in [6, 6.07) is 7.82. The molecule has 0 unspecified atom stereocenters. The fourth-order valence-electron chi connectivity index (χ4n) is 3.41. The van der Waals surface area contributed by atoms with Crippen LogP contribution in [0.4, 0.5) is 0 Å². The van der Waals surface area contributed by atoms with E-state index in [1.54, 1.807) is 24.0 Å². The zero-order valence-electron chi connectivity index (χ0n) is 16.2. The molecule has 0 saturated carbocycles. The van der Waals surface area contributed by atoms with Gasteiger partial charge in [0.25, 0.3) is 0 Å². The molecule has 0 spiro atoms. The second-order valence-electron chi connectivity index (χ2n) is 7.02. The minimum Gasteiger partial charge on any atom is -0.497 e. The molecule has 1 aliphatic rings. The fraction of sp³-hybridized carbons (Fsp3) is 0.476. The fourth-order valence-corrected chi connectivity index (χ4v) is 4.00. The molecule has 0 atom stereocenters. The van der Waals surface area contributed by atoms with Crippen LogP contribution in [0.25, 0.3) is 0 Å². The van der Waals surface area contributed by atoms with Gasteiger partial charge in [0.05, 0.1) is 18.3 Å². The number of aryl methyl sites for hydroxylation is 1. The van der Waals surface area contributed by atoms with Crippen LogP contribution in [0.1, 0.15) is 30.5 Å². The van der Waals surface area contributed by atoms with E-state index in [9.17, 15) is 9.59 Å². The molecule has 1 aromatic carbocycles. The molecule has 0 radical (unpaired) electrons. The van der Waals surface area contributed by atoms with Gasteiger partial charge >= 0.3 is 0 Å². The maximum absolute atomic E-state index is 12.5. The number of benzene rings is 1. The Balaban J connectivity index is 1.35. The zero-order valence-corrected chi connectivity index (χ0v) is 17.0.